The summed E-state index contributed by atoms with van der Waals surface area (Å²) in [6, 6.07) is 7.14. The fraction of sp³-hybridized carbons (Fsp3) is 0.474. The van der Waals surface area contributed by atoms with Crippen LogP contribution in [0.15, 0.2) is 28.8 Å². The number of benzene rings is 1. The van der Waals surface area contributed by atoms with Crippen molar-refractivity contribution in [2.45, 2.75) is 51.2 Å². The largest absolute Gasteiger partial charge is 0.337 e. The fourth-order valence-corrected chi connectivity index (χ4v) is 3.78. The highest BCUT2D eigenvalue weighted by Crippen LogP contribution is 2.36. The van der Waals surface area contributed by atoms with Gasteiger partial charge in [-0.15, -0.1) is 0 Å². The highest BCUT2D eigenvalue weighted by molar-refractivity contribution is 6.07. The van der Waals surface area contributed by atoms with Crippen LogP contribution in [-0.4, -0.2) is 32.5 Å². The number of nitrogens with one attached hydrogen (secondary N) is 1. The molecule has 3 amide bonds. The van der Waals surface area contributed by atoms with Gasteiger partial charge in [0.15, 0.2) is 0 Å². The van der Waals surface area contributed by atoms with Gasteiger partial charge in [-0.3, -0.25) is 9.69 Å². The SMILES string of the molecule is CC1CCC2(CC1)NC(=O)N(Cc1nc(-c3ccc(CN)cc3)no1)C2=O. The number of carbonyl (C=O) groups excluding carboxylic acids is 2. The number of amides is 3. The summed E-state index contributed by atoms with van der Waals surface area (Å²) in [7, 11) is 0. The second kappa shape index (κ2) is 6.77. The van der Waals surface area contributed by atoms with Gasteiger partial charge in [0.1, 0.15) is 12.1 Å². The molecular formula is C19H23N5O3. The van der Waals surface area contributed by atoms with Crippen LogP contribution in [0.1, 0.15) is 44.1 Å². The number of hydrogen-bond donors (Lipinski definition) is 2. The van der Waals surface area contributed by atoms with E-state index in [0.717, 1.165) is 24.0 Å². The molecule has 3 N–H and O–H groups in total. The lowest BCUT2D eigenvalue weighted by molar-refractivity contribution is -0.133. The molecule has 0 unspecified atom stereocenters. The van der Waals surface area contributed by atoms with E-state index in [4.69, 9.17) is 10.3 Å². The first-order valence-electron chi connectivity index (χ1n) is 9.27. The summed E-state index contributed by atoms with van der Waals surface area (Å²) in [6.45, 7) is 2.62. The number of carbonyl (C=O) groups is 2. The van der Waals surface area contributed by atoms with Crippen molar-refractivity contribution in [1.82, 2.24) is 20.4 Å². The Morgan fingerprint density at radius 2 is 1.96 bits per heavy atom. The van der Waals surface area contributed by atoms with Crippen LogP contribution in [0.5, 0.6) is 0 Å². The predicted octanol–water partition coefficient (Wildman–Crippen LogP) is 2.20. The van der Waals surface area contributed by atoms with Gasteiger partial charge in [0.2, 0.25) is 11.7 Å². The van der Waals surface area contributed by atoms with Crippen LogP contribution in [-0.2, 0) is 17.9 Å². The zero-order chi connectivity index (χ0) is 19.0. The van der Waals surface area contributed by atoms with Crippen LogP contribution >= 0.6 is 0 Å². The van der Waals surface area contributed by atoms with E-state index in [9.17, 15) is 9.59 Å². The van der Waals surface area contributed by atoms with Gasteiger partial charge < -0.3 is 15.6 Å². The second-order valence-corrected chi connectivity index (χ2v) is 7.50. The average molecular weight is 369 g/mol. The van der Waals surface area contributed by atoms with E-state index >= 15 is 0 Å². The van der Waals surface area contributed by atoms with Crippen LogP contribution in [0.2, 0.25) is 0 Å². The molecule has 1 aliphatic heterocycles. The quantitative estimate of drug-likeness (QED) is 0.799. The van der Waals surface area contributed by atoms with Gasteiger partial charge in [-0.25, -0.2) is 4.79 Å². The van der Waals surface area contributed by atoms with Crippen LogP contribution in [0.3, 0.4) is 0 Å². The monoisotopic (exact) mass is 369 g/mol. The van der Waals surface area contributed by atoms with Crippen molar-refractivity contribution < 1.29 is 14.1 Å². The van der Waals surface area contributed by atoms with Gasteiger partial charge in [-0.2, -0.15) is 4.98 Å². The predicted molar refractivity (Wildman–Crippen MR) is 97.1 cm³/mol. The lowest BCUT2D eigenvalue weighted by atomic mass is 9.77. The van der Waals surface area contributed by atoms with Crippen LogP contribution in [0, 0.1) is 5.92 Å². The van der Waals surface area contributed by atoms with Gasteiger partial charge in [-0.1, -0.05) is 36.3 Å². The zero-order valence-corrected chi connectivity index (χ0v) is 15.3. The molecule has 8 nitrogen and oxygen atoms in total. The molecule has 142 valence electrons. The molecule has 1 aromatic carbocycles. The van der Waals surface area contributed by atoms with Crippen molar-refractivity contribution in [2.24, 2.45) is 11.7 Å². The number of imide groups is 1. The molecule has 1 saturated carbocycles. The third-order valence-corrected chi connectivity index (χ3v) is 5.58. The molecule has 2 heterocycles. The summed E-state index contributed by atoms with van der Waals surface area (Å²) in [5.41, 5.74) is 6.64. The van der Waals surface area contributed by atoms with E-state index in [2.05, 4.69) is 22.4 Å². The number of hydrogen-bond acceptors (Lipinski definition) is 6. The normalized spacial score (nSPS) is 25.3. The molecule has 0 atom stereocenters. The maximum absolute atomic E-state index is 12.9. The maximum Gasteiger partial charge on any atom is 0.325 e. The first-order valence-corrected chi connectivity index (χ1v) is 9.27. The smallest absolute Gasteiger partial charge is 0.325 e. The molecule has 1 spiro atoms. The van der Waals surface area contributed by atoms with Crippen LogP contribution in [0.4, 0.5) is 4.79 Å². The summed E-state index contributed by atoms with van der Waals surface area (Å²) >= 11 is 0. The van der Waals surface area contributed by atoms with E-state index in [0.29, 0.717) is 31.1 Å². The summed E-state index contributed by atoms with van der Waals surface area (Å²) in [5, 5.41) is 6.86. The Morgan fingerprint density at radius 3 is 2.63 bits per heavy atom. The Balaban J connectivity index is 1.48. The summed E-state index contributed by atoms with van der Waals surface area (Å²) in [4.78, 5) is 30.8. The molecule has 1 saturated heterocycles. The summed E-state index contributed by atoms with van der Waals surface area (Å²) in [5.74, 6) is 1.05. The molecule has 2 aliphatic rings. The first kappa shape index (κ1) is 17.7. The maximum atomic E-state index is 12.9. The number of nitrogens with zero attached hydrogens (tertiary/aromatic N) is 3. The molecule has 2 fully saturated rings. The molecule has 2 aromatic rings. The molecule has 1 aromatic heterocycles. The zero-order valence-electron chi connectivity index (χ0n) is 15.3. The number of aromatic nitrogens is 2. The second-order valence-electron chi connectivity index (χ2n) is 7.50. The van der Waals surface area contributed by atoms with Crippen molar-refractivity contribution >= 4 is 11.9 Å². The molecule has 8 heteroatoms. The van der Waals surface area contributed by atoms with Crippen LogP contribution < -0.4 is 11.1 Å². The highest BCUT2D eigenvalue weighted by Gasteiger charge is 2.52. The Hall–Kier alpha value is -2.74. The van der Waals surface area contributed by atoms with Gasteiger partial charge >= 0.3 is 6.03 Å². The number of rotatable bonds is 4. The minimum atomic E-state index is -0.759. The van der Waals surface area contributed by atoms with E-state index in [-0.39, 0.29) is 24.4 Å². The van der Waals surface area contributed by atoms with Gasteiger partial charge in [0.25, 0.3) is 5.91 Å². The standard InChI is InChI=1S/C19H23N5O3/c1-12-6-8-19(9-7-12)17(25)24(18(26)22-19)11-15-21-16(23-27-15)14-4-2-13(10-20)3-5-14/h2-5,12H,6-11,20H2,1H3,(H,22,26). The van der Waals surface area contributed by atoms with Gasteiger partial charge in [0, 0.05) is 12.1 Å². The Morgan fingerprint density at radius 1 is 1.26 bits per heavy atom. The Kier molecular flexibility index (Phi) is 4.43. The molecule has 4 rings (SSSR count). The average Bonchev–Trinajstić information content (AvgIpc) is 3.24. The van der Waals surface area contributed by atoms with E-state index in [1.165, 1.54) is 4.90 Å². The van der Waals surface area contributed by atoms with Crippen molar-refractivity contribution in [3.8, 4) is 11.4 Å². The third-order valence-electron chi connectivity index (χ3n) is 5.58. The lowest BCUT2D eigenvalue weighted by Crippen LogP contribution is -2.49. The highest BCUT2D eigenvalue weighted by atomic mass is 16.5. The summed E-state index contributed by atoms with van der Waals surface area (Å²) < 4.78 is 5.27. The third kappa shape index (κ3) is 3.21. The fourth-order valence-electron chi connectivity index (χ4n) is 3.78. The number of nitrogens with two attached hydrogens (primary N) is 1. The Labute approximate surface area is 157 Å². The van der Waals surface area contributed by atoms with E-state index < -0.39 is 5.54 Å². The molecular weight excluding hydrogens is 346 g/mol. The topological polar surface area (TPSA) is 114 Å². The Bertz CT molecular complexity index is 852. The van der Waals surface area contributed by atoms with Crippen molar-refractivity contribution in [2.75, 3.05) is 0 Å². The van der Waals surface area contributed by atoms with E-state index in [1.54, 1.807) is 0 Å². The molecule has 0 radical (unpaired) electrons. The minimum Gasteiger partial charge on any atom is -0.337 e. The molecule has 0 bridgehead atoms. The minimum absolute atomic E-state index is 0.0180. The van der Waals surface area contributed by atoms with Crippen molar-refractivity contribution in [1.29, 1.82) is 0 Å². The van der Waals surface area contributed by atoms with Gasteiger partial charge in [-0.05, 0) is 37.2 Å². The van der Waals surface area contributed by atoms with Crippen LogP contribution in [0.25, 0.3) is 11.4 Å². The molecule has 27 heavy (non-hydrogen) atoms. The molecule has 1 aliphatic carbocycles. The summed E-state index contributed by atoms with van der Waals surface area (Å²) in [6.07, 6.45) is 3.22. The van der Waals surface area contributed by atoms with Crippen molar-refractivity contribution in [3.63, 3.8) is 0 Å². The van der Waals surface area contributed by atoms with Crippen molar-refractivity contribution in [3.05, 3.63) is 35.7 Å². The van der Waals surface area contributed by atoms with E-state index in [1.807, 2.05) is 24.3 Å². The first-order chi connectivity index (χ1) is 13.0. The van der Waals surface area contributed by atoms with Gasteiger partial charge in [0.05, 0.1) is 0 Å². The number of urea groups is 1. The lowest BCUT2D eigenvalue weighted by Gasteiger charge is -2.33.